The molecule has 1 unspecified atom stereocenters. The molecular weight excluding hydrogens is 208 g/mol. The Bertz CT molecular complexity index is 333. The molecule has 1 N–H and O–H groups in total. The molecule has 0 bridgehead atoms. The standard InChI is InChI=1S/C12H14O2S/c1-10(12(13)14)7-8-15-9-11-5-3-2-4-6-11/h2-8,10H,9H2,1H3,(H,13,14)/b8-7-. The molecule has 0 aromatic heterocycles. The van der Waals surface area contributed by atoms with Crippen molar-refractivity contribution < 1.29 is 9.90 Å². The summed E-state index contributed by atoms with van der Waals surface area (Å²) in [6.07, 6.45) is 1.70. The van der Waals surface area contributed by atoms with Crippen molar-refractivity contribution in [1.29, 1.82) is 0 Å². The Morgan fingerprint density at radius 1 is 1.47 bits per heavy atom. The Hall–Kier alpha value is -1.22. The normalized spacial score (nSPS) is 12.9. The number of rotatable bonds is 5. The Morgan fingerprint density at radius 3 is 2.73 bits per heavy atom. The minimum Gasteiger partial charge on any atom is -0.481 e. The second-order valence-electron chi connectivity index (χ2n) is 3.25. The highest BCUT2D eigenvalue weighted by molar-refractivity contribution is 8.01. The third-order valence-electron chi connectivity index (χ3n) is 1.95. The van der Waals surface area contributed by atoms with Crippen LogP contribution in [0.2, 0.25) is 0 Å². The molecule has 2 nitrogen and oxygen atoms in total. The van der Waals surface area contributed by atoms with Crippen LogP contribution in [-0.4, -0.2) is 11.1 Å². The molecule has 0 aliphatic rings. The second-order valence-corrected chi connectivity index (χ2v) is 4.15. The number of hydrogen-bond acceptors (Lipinski definition) is 2. The monoisotopic (exact) mass is 222 g/mol. The van der Waals surface area contributed by atoms with E-state index in [-0.39, 0.29) is 0 Å². The lowest BCUT2D eigenvalue weighted by Crippen LogP contribution is -2.05. The van der Waals surface area contributed by atoms with Crippen LogP contribution in [-0.2, 0) is 10.5 Å². The van der Waals surface area contributed by atoms with Crippen molar-refractivity contribution in [1.82, 2.24) is 0 Å². The lowest BCUT2D eigenvalue weighted by molar-refractivity contribution is -0.139. The van der Waals surface area contributed by atoms with Gasteiger partial charge in [0.25, 0.3) is 0 Å². The summed E-state index contributed by atoms with van der Waals surface area (Å²) in [5.74, 6) is -0.316. The molecule has 80 valence electrons. The molecule has 0 heterocycles. The van der Waals surface area contributed by atoms with Gasteiger partial charge in [0, 0.05) is 5.75 Å². The van der Waals surface area contributed by atoms with Gasteiger partial charge in [0.15, 0.2) is 0 Å². The van der Waals surface area contributed by atoms with Gasteiger partial charge in [0.1, 0.15) is 0 Å². The molecule has 0 saturated carbocycles. The number of thioether (sulfide) groups is 1. The second kappa shape index (κ2) is 6.30. The lowest BCUT2D eigenvalue weighted by Gasteiger charge is -1.98. The van der Waals surface area contributed by atoms with Crippen molar-refractivity contribution in [3.8, 4) is 0 Å². The van der Waals surface area contributed by atoms with Gasteiger partial charge < -0.3 is 5.11 Å². The Morgan fingerprint density at radius 2 is 2.13 bits per heavy atom. The van der Waals surface area contributed by atoms with Crippen molar-refractivity contribution in [2.24, 2.45) is 5.92 Å². The van der Waals surface area contributed by atoms with Gasteiger partial charge in [0.05, 0.1) is 5.92 Å². The topological polar surface area (TPSA) is 37.3 Å². The zero-order valence-electron chi connectivity index (χ0n) is 8.59. The van der Waals surface area contributed by atoms with Gasteiger partial charge in [-0.05, 0) is 17.9 Å². The Kier molecular flexibility index (Phi) is 4.98. The van der Waals surface area contributed by atoms with Gasteiger partial charge >= 0.3 is 5.97 Å². The minimum absolute atomic E-state index is 0.409. The van der Waals surface area contributed by atoms with Crippen LogP contribution in [0, 0.1) is 5.92 Å². The predicted octanol–water partition coefficient (Wildman–Crippen LogP) is 3.15. The first-order valence-corrected chi connectivity index (χ1v) is 5.80. The van der Waals surface area contributed by atoms with Crippen LogP contribution < -0.4 is 0 Å². The largest absolute Gasteiger partial charge is 0.481 e. The van der Waals surface area contributed by atoms with E-state index in [1.54, 1.807) is 24.8 Å². The molecule has 0 amide bonds. The van der Waals surface area contributed by atoms with Crippen molar-refractivity contribution in [3.63, 3.8) is 0 Å². The number of carboxylic acids is 1. The smallest absolute Gasteiger partial charge is 0.310 e. The predicted molar refractivity (Wildman–Crippen MR) is 63.7 cm³/mol. The van der Waals surface area contributed by atoms with E-state index in [0.717, 1.165) is 5.75 Å². The fraction of sp³-hybridized carbons (Fsp3) is 0.250. The number of aliphatic carboxylic acids is 1. The summed E-state index contributed by atoms with van der Waals surface area (Å²) in [6.45, 7) is 1.67. The molecule has 1 aromatic carbocycles. The summed E-state index contributed by atoms with van der Waals surface area (Å²) >= 11 is 1.61. The van der Waals surface area contributed by atoms with E-state index in [9.17, 15) is 4.79 Å². The number of carbonyl (C=O) groups is 1. The van der Waals surface area contributed by atoms with E-state index in [0.29, 0.717) is 0 Å². The van der Waals surface area contributed by atoms with Gasteiger partial charge in [-0.3, -0.25) is 4.79 Å². The molecular formula is C12H14O2S. The van der Waals surface area contributed by atoms with Gasteiger partial charge in [-0.25, -0.2) is 0 Å². The van der Waals surface area contributed by atoms with E-state index in [4.69, 9.17) is 5.11 Å². The van der Waals surface area contributed by atoms with Crippen LogP contribution in [0.1, 0.15) is 12.5 Å². The fourth-order valence-electron chi connectivity index (χ4n) is 0.974. The number of hydrogen-bond donors (Lipinski definition) is 1. The van der Waals surface area contributed by atoms with Gasteiger partial charge in [-0.2, -0.15) is 0 Å². The Balaban J connectivity index is 2.31. The van der Waals surface area contributed by atoms with Crippen LogP contribution >= 0.6 is 11.8 Å². The van der Waals surface area contributed by atoms with Crippen molar-refractivity contribution in [3.05, 3.63) is 47.4 Å². The maximum atomic E-state index is 10.5. The van der Waals surface area contributed by atoms with Gasteiger partial charge in [0.2, 0.25) is 0 Å². The molecule has 3 heteroatoms. The average molecular weight is 222 g/mol. The molecule has 15 heavy (non-hydrogen) atoms. The highest BCUT2D eigenvalue weighted by atomic mass is 32.2. The van der Waals surface area contributed by atoms with Crippen molar-refractivity contribution in [2.75, 3.05) is 0 Å². The van der Waals surface area contributed by atoms with Crippen LogP contribution in [0.25, 0.3) is 0 Å². The third-order valence-corrected chi connectivity index (χ3v) is 2.80. The maximum absolute atomic E-state index is 10.5. The van der Waals surface area contributed by atoms with Crippen molar-refractivity contribution >= 4 is 17.7 Å². The van der Waals surface area contributed by atoms with Crippen LogP contribution in [0.3, 0.4) is 0 Å². The minimum atomic E-state index is -0.786. The molecule has 0 aliphatic carbocycles. The summed E-state index contributed by atoms with van der Waals surface area (Å²) in [4.78, 5) is 10.5. The summed E-state index contributed by atoms with van der Waals surface area (Å²) < 4.78 is 0. The first-order valence-electron chi connectivity index (χ1n) is 4.75. The van der Waals surface area contributed by atoms with Gasteiger partial charge in [-0.1, -0.05) is 36.4 Å². The number of benzene rings is 1. The lowest BCUT2D eigenvalue weighted by atomic mass is 10.2. The number of carboxylic acid groups (broad SMARTS) is 1. The summed E-state index contributed by atoms with van der Waals surface area (Å²) in [5, 5.41) is 10.5. The first kappa shape index (κ1) is 11.9. The summed E-state index contributed by atoms with van der Waals surface area (Å²) in [5.41, 5.74) is 1.25. The molecule has 0 radical (unpaired) electrons. The quantitative estimate of drug-likeness (QED) is 0.831. The summed E-state index contributed by atoms with van der Waals surface area (Å²) in [7, 11) is 0. The molecule has 0 spiro atoms. The maximum Gasteiger partial charge on any atom is 0.310 e. The van der Waals surface area contributed by atoms with Crippen LogP contribution in [0.15, 0.2) is 41.8 Å². The fourth-order valence-corrected chi connectivity index (χ4v) is 1.80. The highest BCUT2D eigenvalue weighted by Gasteiger charge is 2.04. The zero-order valence-corrected chi connectivity index (χ0v) is 9.41. The third kappa shape index (κ3) is 4.70. The van der Waals surface area contributed by atoms with Crippen LogP contribution in [0.4, 0.5) is 0 Å². The van der Waals surface area contributed by atoms with Crippen molar-refractivity contribution in [2.45, 2.75) is 12.7 Å². The van der Waals surface area contributed by atoms with E-state index in [1.165, 1.54) is 5.56 Å². The zero-order chi connectivity index (χ0) is 11.1. The molecule has 1 atom stereocenters. The molecule has 0 aliphatic heterocycles. The average Bonchev–Trinajstić information content (AvgIpc) is 2.25. The molecule has 1 rings (SSSR count). The summed E-state index contributed by atoms with van der Waals surface area (Å²) in [6, 6.07) is 10.1. The van der Waals surface area contributed by atoms with Gasteiger partial charge in [-0.15, -0.1) is 11.8 Å². The van der Waals surface area contributed by atoms with Crippen LogP contribution in [0.5, 0.6) is 0 Å². The molecule has 0 fully saturated rings. The SMILES string of the molecule is CC(/C=C\SCc1ccccc1)C(=O)O. The van der Waals surface area contributed by atoms with E-state index < -0.39 is 11.9 Å². The van der Waals surface area contributed by atoms with E-state index in [1.807, 2.05) is 23.6 Å². The first-order chi connectivity index (χ1) is 7.20. The molecule has 1 aromatic rings. The Labute approximate surface area is 94.0 Å². The van der Waals surface area contributed by atoms with E-state index in [2.05, 4.69) is 12.1 Å². The molecule has 0 saturated heterocycles. The highest BCUT2D eigenvalue weighted by Crippen LogP contribution is 2.13. The van der Waals surface area contributed by atoms with E-state index >= 15 is 0 Å².